The Bertz CT molecular complexity index is 272. The molecule has 0 saturated heterocycles. The molecule has 0 atom stereocenters. The van der Waals surface area contributed by atoms with Gasteiger partial charge in [-0.3, -0.25) is 4.99 Å². The lowest BCUT2D eigenvalue weighted by atomic mass is 10.4. The van der Waals surface area contributed by atoms with Crippen molar-refractivity contribution in [3.63, 3.8) is 0 Å². The van der Waals surface area contributed by atoms with Crippen LogP contribution >= 0.6 is 11.3 Å². The molecule has 0 N–H and O–H groups in total. The maximum atomic E-state index is 4.18. The smallest absolute Gasteiger partial charge is 0.164 e. The van der Waals surface area contributed by atoms with Gasteiger partial charge < -0.3 is 0 Å². The number of nitrogens with zero attached hydrogens (tertiary/aromatic N) is 2. The summed E-state index contributed by atoms with van der Waals surface area (Å²) in [6, 6.07) is 4.04. The Kier molecular flexibility index (Phi) is 1.36. The zero-order chi connectivity index (χ0) is 6.81. The zero-order valence-corrected chi connectivity index (χ0v) is 6.14. The topological polar surface area (TPSA) is 24.7 Å². The van der Waals surface area contributed by atoms with Gasteiger partial charge >= 0.3 is 0 Å². The van der Waals surface area contributed by atoms with E-state index < -0.39 is 0 Å². The molecule has 0 bridgehead atoms. The van der Waals surface area contributed by atoms with Crippen LogP contribution in [-0.2, 0) is 0 Å². The number of hydrogen-bond donors (Lipinski definition) is 0. The molecule has 10 heavy (non-hydrogen) atoms. The molecule has 50 valence electrons. The van der Waals surface area contributed by atoms with Crippen molar-refractivity contribution in [1.29, 1.82) is 0 Å². The molecule has 2 heterocycles. The summed E-state index contributed by atoms with van der Waals surface area (Å²) in [6.45, 7) is 0.743. The number of amidine groups is 1. The number of hydrogen-bond acceptors (Lipinski definition) is 3. The summed E-state index contributed by atoms with van der Waals surface area (Å²) < 4.78 is 0. The first-order chi connectivity index (χ1) is 4.97. The van der Waals surface area contributed by atoms with E-state index in [1.165, 1.54) is 0 Å². The van der Waals surface area contributed by atoms with Gasteiger partial charge in [0.15, 0.2) is 5.84 Å². The molecule has 3 heteroatoms. The van der Waals surface area contributed by atoms with Gasteiger partial charge in [-0.05, 0) is 11.4 Å². The van der Waals surface area contributed by atoms with Crippen LogP contribution in [0.15, 0.2) is 27.5 Å². The van der Waals surface area contributed by atoms with Crippen LogP contribution in [0, 0.1) is 0 Å². The van der Waals surface area contributed by atoms with E-state index in [4.69, 9.17) is 0 Å². The highest BCUT2D eigenvalue weighted by Gasteiger charge is 2.03. The Labute approximate surface area is 63.0 Å². The van der Waals surface area contributed by atoms with Gasteiger partial charge in [-0.1, -0.05) is 6.07 Å². The first-order valence-corrected chi connectivity index (χ1v) is 3.95. The number of aliphatic imine (C=N–C) groups is 2. The van der Waals surface area contributed by atoms with Gasteiger partial charge in [0.05, 0.1) is 11.4 Å². The predicted molar refractivity (Wildman–Crippen MR) is 44.2 cm³/mol. The molecule has 1 aromatic heterocycles. The molecule has 0 saturated carbocycles. The van der Waals surface area contributed by atoms with Gasteiger partial charge in [0, 0.05) is 6.21 Å². The maximum Gasteiger partial charge on any atom is 0.164 e. The maximum absolute atomic E-state index is 4.18. The van der Waals surface area contributed by atoms with Gasteiger partial charge in [0.1, 0.15) is 0 Å². The molecule has 1 aliphatic heterocycles. The molecule has 1 aromatic rings. The van der Waals surface area contributed by atoms with E-state index in [1.54, 1.807) is 11.3 Å². The van der Waals surface area contributed by atoms with Gasteiger partial charge in [-0.15, -0.1) is 11.3 Å². The molecule has 0 aromatic carbocycles. The van der Waals surface area contributed by atoms with Crippen LogP contribution in [0.4, 0.5) is 0 Å². The van der Waals surface area contributed by atoms with E-state index in [9.17, 15) is 0 Å². The molecule has 0 spiro atoms. The molecule has 0 unspecified atom stereocenters. The van der Waals surface area contributed by atoms with Crippen molar-refractivity contribution >= 4 is 23.4 Å². The summed E-state index contributed by atoms with van der Waals surface area (Å²) in [6.07, 6.45) is 1.83. The average molecular weight is 150 g/mol. The molecule has 1 aliphatic rings. The zero-order valence-electron chi connectivity index (χ0n) is 5.32. The molecule has 0 amide bonds. The second kappa shape index (κ2) is 2.34. The quantitative estimate of drug-likeness (QED) is 0.580. The van der Waals surface area contributed by atoms with Crippen molar-refractivity contribution in [2.75, 3.05) is 6.54 Å². The van der Waals surface area contributed by atoms with Crippen molar-refractivity contribution in [3.05, 3.63) is 22.4 Å². The highest BCUT2D eigenvalue weighted by Crippen LogP contribution is 2.11. The van der Waals surface area contributed by atoms with E-state index in [-0.39, 0.29) is 0 Å². The highest BCUT2D eigenvalue weighted by atomic mass is 32.1. The third kappa shape index (κ3) is 0.885. The van der Waals surface area contributed by atoms with E-state index in [1.807, 2.05) is 23.7 Å². The summed E-state index contributed by atoms with van der Waals surface area (Å²) in [5.41, 5.74) is 0. The summed E-state index contributed by atoms with van der Waals surface area (Å²) in [7, 11) is 0. The average Bonchev–Trinajstić information content (AvgIpc) is 2.59. The van der Waals surface area contributed by atoms with Crippen LogP contribution in [0.2, 0.25) is 0 Å². The Balaban J connectivity index is 2.36. The van der Waals surface area contributed by atoms with Crippen LogP contribution < -0.4 is 0 Å². The summed E-state index contributed by atoms with van der Waals surface area (Å²) in [5.74, 6) is 0.884. The van der Waals surface area contributed by atoms with Crippen molar-refractivity contribution in [2.24, 2.45) is 9.98 Å². The van der Waals surface area contributed by atoms with Crippen LogP contribution in [0.25, 0.3) is 0 Å². The molecule has 0 aliphatic carbocycles. The van der Waals surface area contributed by atoms with E-state index in [0.717, 1.165) is 17.3 Å². The fourth-order valence-corrected chi connectivity index (χ4v) is 1.53. The van der Waals surface area contributed by atoms with Crippen LogP contribution in [0.5, 0.6) is 0 Å². The van der Waals surface area contributed by atoms with Crippen LogP contribution in [0.1, 0.15) is 4.88 Å². The first kappa shape index (κ1) is 5.80. The molecule has 0 fully saturated rings. The molecular formula is C7H6N2S. The lowest BCUT2D eigenvalue weighted by molar-refractivity contribution is 1.36. The molecule has 2 rings (SSSR count). The third-order valence-electron chi connectivity index (χ3n) is 1.28. The third-order valence-corrected chi connectivity index (χ3v) is 2.14. The SMILES string of the molecule is C1=NC(c2cccs2)=NC1. The predicted octanol–water partition coefficient (Wildman–Crippen LogP) is 1.58. The van der Waals surface area contributed by atoms with Crippen molar-refractivity contribution < 1.29 is 0 Å². The molecule has 0 radical (unpaired) electrons. The van der Waals surface area contributed by atoms with Gasteiger partial charge in [0.2, 0.25) is 0 Å². The minimum Gasteiger partial charge on any atom is -0.260 e. The van der Waals surface area contributed by atoms with E-state index in [2.05, 4.69) is 9.98 Å². The monoisotopic (exact) mass is 150 g/mol. The summed E-state index contributed by atoms with van der Waals surface area (Å²) >= 11 is 1.68. The van der Waals surface area contributed by atoms with Gasteiger partial charge in [-0.25, -0.2) is 4.99 Å². The van der Waals surface area contributed by atoms with E-state index >= 15 is 0 Å². The van der Waals surface area contributed by atoms with Gasteiger partial charge in [0.25, 0.3) is 0 Å². The largest absolute Gasteiger partial charge is 0.260 e. The summed E-state index contributed by atoms with van der Waals surface area (Å²) in [5, 5.41) is 2.03. The Morgan fingerprint density at radius 3 is 3.10 bits per heavy atom. The Morgan fingerprint density at radius 1 is 1.50 bits per heavy atom. The lowest BCUT2D eigenvalue weighted by Crippen LogP contribution is -1.87. The normalized spacial score (nSPS) is 15.8. The van der Waals surface area contributed by atoms with Crippen LogP contribution in [-0.4, -0.2) is 18.6 Å². The molecule has 2 nitrogen and oxygen atoms in total. The summed E-state index contributed by atoms with van der Waals surface area (Å²) in [4.78, 5) is 9.46. The van der Waals surface area contributed by atoms with Crippen LogP contribution in [0.3, 0.4) is 0 Å². The van der Waals surface area contributed by atoms with Crippen molar-refractivity contribution in [2.45, 2.75) is 0 Å². The standard InChI is InChI=1S/C7H6N2S/c1-2-6(10-5-1)7-8-3-4-9-7/h1-3,5H,4H2. The second-order valence-electron chi connectivity index (χ2n) is 1.95. The first-order valence-electron chi connectivity index (χ1n) is 3.08. The van der Waals surface area contributed by atoms with Crippen molar-refractivity contribution in [3.8, 4) is 0 Å². The number of thiophene rings is 1. The fraction of sp³-hybridized carbons (Fsp3) is 0.143. The van der Waals surface area contributed by atoms with Gasteiger partial charge in [-0.2, -0.15) is 0 Å². The van der Waals surface area contributed by atoms with E-state index in [0.29, 0.717) is 0 Å². The fourth-order valence-electron chi connectivity index (χ4n) is 0.843. The minimum absolute atomic E-state index is 0.743. The second-order valence-corrected chi connectivity index (χ2v) is 2.90. The molecular weight excluding hydrogens is 144 g/mol. The minimum atomic E-state index is 0.743. The Morgan fingerprint density at radius 2 is 2.50 bits per heavy atom. The lowest BCUT2D eigenvalue weighted by Gasteiger charge is -1.86. The van der Waals surface area contributed by atoms with Crippen molar-refractivity contribution in [1.82, 2.24) is 0 Å². The highest BCUT2D eigenvalue weighted by molar-refractivity contribution is 7.12. The Hall–Kier alpha value is -0.960. The number of rotatable bonds is 1.